The molecule has 1 heterocycles. The first kappa shape index (κ1) is 11.8. The first-order valence-corrected chi connectivity index (χ1v) is 5.90. The van der Waals surface area contributed by atoms with Crippen molar-refractivity contribution in [2.45, 2.75) is 45.6 Å². The maximum absolute atomic E-state index is 11.9. The second-order valence-corrected chi connectivity index (χ2v) is 4.81. The van der Waals surface area contributed by atoms with Gasteiger partial charge in [-0.3, -0.25) is 9.59 Å². The minimum Gasteiger partial charge on any atom is -0.349 e. The molecule has 1 aromatic rings. The van der Waals surface area contributed by atoms with Crippen LogP contribution in [0.3, 0.4) is 0 Å². The fraction of sp³-hybridized carbons (Fsp3) is 0.583. The van der Waals surface area contributed by atoms with Crippen LogP contribution < -0.4 is 10.9 Å². The third-order valence-electron chi connectivity index (χ3n) is 2.81. The maximum atomic E-state index is 11.9. The molecule has 5 nitrogen and oxygen atoms in total. The molecule has 2 rings (SSSR count). The molecule has 0 bridgehead atoms. The molecule has 0 aromatic carbocycles. The molecule has 0 unspecified atom stereocenters. The lowest BCUT2D eigenvalue weighted by Gasteiger charge is -2.09. The second kappa shape index (κ2) is 4.31. The molecular formula is C12H17N3O2. The molecule has 0 saturated heterocycles. The standard InChI is InChI=1S/C12H17N3O2/c1-6(2)10-13-7(3)9(12(17)15-10)11(16)14-8-4-5-8/h6,8H,4-5H2,1-3H3,(H,14,16)(H,13,15,17). The number of carbonyl (C=O) groups is 1. The lowest BCUT2D eigenvalue weighted by atomic mass is 10.1. The fourth-order valence-electron chi connectivity index (χ4n) is 1.63. The Morgan fingerprint density at radius 1 is 1.47 bits per heavy atom. The monoisotopic (exact) mass is 235 g/mol. The van der Waals surface area contributed by atoms with Crippen molar-refractivity contribution in [2.75, 3.05) is 0 Å². The third kappa shape index (κ3) is 2.54. The van der Waals surface area contributed by atoms with Crippen LogP contribution >= 0.6 is 0 Å². The molecule has 0 atom stereocenters. The average molecular weight is 235 g/mol. The Labute approximate surface area is 99.7 Å². The third-order valence-corrected chi connectivity index (χ3v) is 2.81. The van der Waals surface area contributed by atoms with Crippen molar-refractivity contribution >= 4 is 5.91 Å². The van der Waals surface area contributed by atoms with Gasteiger partial charge in [0.2, 0.25) is 0 Å². The van der Waals surface area contributed by atoms with Crippen LogP contribution in [0.2, 0.25) is 0 Å². The van der Waals surface area contributed by atoms with Gasteiger partial charge in [0.25, 0.3) is 11.5 Å². The van der Waals surface area contributed by atoms with Crippen LogP contribution in [0.25, 0.3) is 0 Å². The number of hydrogen-bond acceptors (Lipinski definition) is 3. The molecule has 1 aromatic heterocycles. The number of aromatic nitrogens is 2. The zero-order valence-electron chi connectivity index (χ0n) is 10.3. The molecule has 0 radical (unpaired) electrons. The van der Waals surface area contributed by atoms with Crippen molar-refractivity contribution in [3.8, 4) is 0 Å². The Balaban J connectivity index is 2.33. The van der Waals surface area contributed by atoms with Gasteiger partial charge in [-0.25, -0.2) is 4.98 Å². The lowest BCUT2D eigenvalue weighted by Crippen LogP contribution is -2.33. The molecule has 0 spiro atoms. The van der Waals surface area contributed by atoms with Gasteiger partial charge in [-0.05, 0) is 19.8 Å². The molecule has 0 aliphatic heterocycles. The summed E-state index contributed by atoms with van der Waals surface area (Å²) >= 11 is 0. The van der Waals surface area contributed by atoms with Gasteiger partial charge in [-0.1, -0.05) is 13.8 Å². The van der Waals surface area contributed by atoms with Crippen LogP contribution in [0.5, 0.6) is 0 Å². The zero-order valence-corrected chi connectivity index (χ0v) is 10.3. The predicted octanol–water partition coefficient (Wildman–Crippen LogP) is 1.09. The highest BCUT2D eigenvalue weighted by molar-refractivity contribution is 5.95. The van der Waals surface area contributed by atoms with Crippen molar-refractivity contribution in [1.82, 2.24) is 15.3 Å². The largest absolute Gasteiger partial charge is 0.349 e. The number of nitrogens with one attached hydrogen (secondary N) is 2. The highest BCUT2D eigenvalue weighted by Gasteiger charge is 2.26. The minimum atomic E-state index is -0.348. The van der Waals surface area contributed by atoms with E-state index < -0.39 is 0 Å². The van der Waals surface area contributed by atoms with Gasteiger partial charge in [-0.2, -0.15) is 0 Å². The van der Waals surface area contributed by atoms with E-state index in [-0.39, 0.29) is 29.0 Å². The van der Waals surface area contributed by atoms with Gasteiger partial charge >= 0.3 is 0 Å². The van der Waals surface area contributed by atoms with Crippen molar-refractivity contribution in [1.29, 1.82) is 0 Å². The summed E-state index contributed by atoms with van der Waals surface area (Å²) in [5.41, 5.74) is 0.288. The molecule has 1 aliphatic rings. The summed E-state index contributed by atoms with van der Waals surface area (Å²) in [6.07, 6.45) is 2.00. The highest BCUT2D eigenvalue weighted by Crippen LogP contribution is 2.19. The van der Waals surface area contributed by atoms with E-state index in [0.717, 1.165) is 12.8 Å². The van der Waals surface area contributed by atoms with Crippen LogP contribution in [0.15, 0.2) is 4.79 Å². The van der Waals surface area contributed by atoms with Crippen LogP contribution in [-0.4, -0.2) is 21.9 Å². The molecule has 17 heavy (non-hydrogen) atoms. The lowest BCUT2D eigenvalue weighted by molar-refractivity contribution is 0.0948. The van der Waals surface area contributed by atoms with Crippen LogP contribution in [0.1, 0.15) is 54.5 Å². The Morgan fingerprint density at radius 2 is 2.12 bits per heavy atom. The van der Waals surface area contributed by atoms with Crippen molar-refractivity contribution < 1.29 is 4.79 Å². The van der Waals surface area contributed by atoms with Gasteiger partial charge < -0.3 is 10.3 Å². The van der Waals surface area contributed by atoms with E-state index >= 15 is 0 Å². The highest BCUT2D eigenvalue weighted by atomic mass is 16.2. The fourth-order valence-corrected chi connectivity index (χ4v) is 1.63. The molecule has 5 heteroatoms. The van der Waals surface area contributed by atoms with E-state index in [9.17, 15) is 9.59 Å². The summed E-state index contributed by atoms with van der Waals surface area (Å²) in [7, 11) is 0. The Bertz CT molecular complexity index is 501. The van der Waals surface area contributed by atoms with E-state index in [1.807, 2.05) is 13.8 Å². The Morgan fingerprint density at radius 3 is 2.59 bits per heavy atom. The van der Waals surface area contributed by atoms with Gasteiger partial charge in [0.05, 0.1) is 5.69 Å². The smallest absolute Gasteiger partial charge is 0.264 e. The first-order chi connectivity index (χ1) is 7.99. The van der Waals surface area contributed by atoms with Gasteiger partial charge in [0.15, 0.2) is 0 Å². The van der Waals surface area contributed by atoms with Crippen LogP contribution in [-0.2, 0) is 0 Å². The SMILES string of the molecule is Cc1nc(C(C)C)[nH]c(=O)c1C(=O)NC1CC1. The van der Waals surface area contributed by atoms with Crippen LogP contribution in [0.4, 0.5) is 0 Å². The van der Waals surface area contributed by atoms with E-state index in [1.165, 1.54) is 0 Å². The Kier molecular flexibility index (Phi) is 3.00. The van der Waals surface area contributed by atoms with Crippen molar-refractivity contribution in [2.24, 2.45) is 0 Å². The van der Waals surface area contributed by atoms with E-state index in [4.69, 9.17) is 0 Å². The quantitative estimate of drug-likeness (QED) is 0.823. The molecule has 92 valence electrons. The summed E-state index contributed by atoms with van der Waals surface area (Å²) in [6, 6.07) is 0.242. The number of H-pyrrole nitrogens is 1. The number of carbonyl (C=O) groups excluding carboxylic acids is 1. The molecule has 1 saturated carbocycles. The van der Waals surface area contributed by atoms with Gasteiger partial charge in [0, 0.05) is 12.0 Å². The van der Waals surface area contributed by atoms with Crippen molar-refractivity contribution in [3.63, 3.8) is 0 Å². The minimum absolute atomic E-state index is 0.140. The second-order valence-electron chi connectivity index (χ2n) is 4.81. The molecule has 1 aliphatic carbocycles. The number of hydrogen-bond donors (Lipinski definition) is 2. The number of aromatic amines is 1. The summed E-state index contributed by atoms with van der Waals surface area (Å²) < 4.78 is 0. The number of amides is 1. The summed E-state index contributed by atoms with van der Waals surface area (Å²) in [5, 5.41) is 2.80. The normalized spacial score (nSPS) is 15.1. The van der Waals surface area contributed by atoms with Gasteiger partial charge in [0.1, 0.15) is 11.4 Å². The maximum Gasteiger partial charge on any atom is 0.264 e. The number of aryl methyl sites for hydroxylation is 1. The summed E-state index contributed by atoms with van der Waals surface area (Å²) in [5.74, 6) is 0.450. The summed E-state index contributed by atoms with van der Waals surface area (Å²) in [6.45, 7) is 5.59. The average Bonchev–Trinajstić information content (AvgIpc) is 3.00. The molecular weight excluding hydrogens is 218 g/mol. The zero-order chi connectivity index (χ0) is 12.6. The summed E-state index contributed by atoms with van der Waals surface area (Å²) in [4.78, 5) is 30.6. The van der Waals surface area contributed by atoms with Gasteiger partial charge in [-0.15, -0.1) is 0 Å². The first-order valence-electron chi connectivity index (χ1n) is 5.90. The Hall–Kier alpha value is -1.65. The van der Waals surface area contributed by atoms with Crippen molar-refractivity contribution in [3.05, 3.63) is 27.4 Å². The number of rotatable bonds is 3. The van der Waals surface area contributed by atoms with Crippen LogP contribution in [0, 0.1) is 6.92 Å². The molecule has 2 N–H and O–H groups in total. The van der Waals surface area contributed by atoms with E-state index in [0.29, 0.717) is 11.5 Å². The van der Waals surface area contributed by atoms with E-state index in [1.54, 1.807) is 6.92 Å². The topological polar surface area (TPSA) is 74.8 Å². The number of nitrogens with zero attached hydrogens (tertiary/aromatic N) is 1. The molecule has 1 fully saturated rings. The molecule has 1 amide bonds. The van der Waals surface area contributed by atoms with E-state index in [2.05, 4.69) is 15.3 Å². The predicted molar refractivity (Wildman–Crippen MR) is 64.2 cm³/mol.